The van der Waals surface area contributed by atoms with Gasteiger partial charge in [0.15, 0.2) is 0 Å². The molecule has 26 rings (SSSR count). The van der Waals surface area contributed by atoms with Crippen LogP contribution in [0.5, 0.6) is 23.0 Å². The first-order valence-electron chi connectivity index (χ1n) is 34.6. The first kappa shape index (κ1) is 50.8. The Morgan fingerprint density at radius 2 is 0.616 bits per heavy atom. The minimum Gasteiger partial charge on any atom is -0.458 e. The highest BCUT2D eigenvalue weighted by molar-refractivity contribution is 7.04. The van der Waals surface area contributed by atoms with E-state index in [0.717, 1.165) is 50.6 Å². The number of aromatic nitrogens is 3. The van der Waals surface area contributed by atoms with Crippen molar-refractivity contribution in [2.75, 3.05) is 40.7 Å². The standard InChI is InChI=1S/C87H50B3N7O2/c1-91-65-43-66-55(41-54(65)88-52-31-13-21-39-64(52)94(45-23-5-4-6-24-45)85-73-49-28-10-18-36-61(49)95-58-33-15-7-25-46(58)70(79(73)95)82(91)76(85)88)90-57-42-56-67(44-69(57)99-87-75-51-30-12-20-38-63(51)97-60-35-17-9-27-48(60)72(81(75)97)84(78(87)90)92(66)2)93(3)83-71-47-26-8-16-34-59(47)96-62-37-19-11-29-50(62)74(80(71)96)86-77(83)89(56)53-32-14-22-40-68(53)98-86/h4-44H,1-3H3. The Labute approximate surface area is 566 Å². The molecule has 454 valence electrons. The summed E-state index contributed by atoms with van der Waals surface area (Å²) in [5.41, 5.74) is 32.7. The maximum Gasteiger partial charge on any atom is 0.256 e. The van der Waals surface area contributed by atoms with Gasteiger partial charge in [0.2, 0.25) is 0 Å². The molecule has 6 aliphatic heterocycles. The van der Waals surface area contributed by atoms with Gasteiger partial charge in [0.1, 0.15) is 23.0 Å². The van der Waals surface area contributed by atoms with Crippen molar-refractivity contribution in [3.05, 3.63) is 249 Å². The third kappa shape index (κ3) is 5.55. The molecule has 9 nitrogen and oxygen atoms in total. The Hall–Kier alpha value is -12.5. The fraction of sp³-hybridized carbons (Fsp3) is 0.0345. The second-order valence-electron chi connectivity index (χ2n) is 28.6. The summed E-state index contributed by atoms with van der Waals surface area (Å²) in [6.45, 7) is -0.589. The molecule has 0 amide bonds. The normalized spacial score (nSPS) is 14.6. The second kappa shape index (κ2) is 17.0. The number of fused-ring (bicyclic) bond motifs is 36. The number of hydrogen-bond donors (Lipinski definition) is 0. The van der Waals surface area contributed by atoms with Crippen molar-refractivity contribution in [1.82, 2.24) is 13.2 Å². The van der Waals surface area contributed by atoms with Crippen molar-refractivity contribution in [3.8, 4) is 23.0 Å². The van der Waals surface area contributed by atoms with Crippen LogP contribution in [0.15, 0.2) is 249 Å². The van der Waals surface area contributed by atoms with Gasteiger partial charge in [0.05, 0.1) is 66.1 Å². The number of nitrogens with zero attached hydrogens (tertiary/aromatic N) is 7. The summed E-state index contributed by atoms with van der Waals surface area (Å²) < 4.78 is 23.1. The quantitative estimate of drug-likeness (QED) is 0.153. The Morgan fingerprint density at radius 3 is 1.12 bits per heavy atom. The zero-order chi connectivity index (χ0) is 64.0. The molecule has 12 heterocycles. The smallest absolute Gasteiger partial charge is 0.256 e. The van der Waals surface area contributed by atoms with Crippen LogP contribution in [0.25, 0.3) is 114 Å². The minimum atomic E-state index is -0.266. The molecule has 6 aliphatic rings. The largest absolute Gasteiger partial charge is 0.458 e. The summed E-state index contributed by atoms with van der Waals surface area (Å²) in [5.74, 6) is 3.64. The van der Waals surface area contributed by atoms with Crippen LogP contribution in [0.1, 0.15) is 0 Å². The fourth-order valence-electron chi connectivity index (χ4n) is 20.9. The van der Waals surface area contributed by atoms with Gasteiger partial charge >= 0.3 is 0 Å². The van der Waals surface area contributed by atoms with Crippen molar-refractivity contribution in [3.63, 3.8) is 0 Å². The summed E-state index contributed by atoms with van der Waals surface area (Å²) in [6.07, 6.45) is 0. The van der Waals surface area contributed by atoms with Gasteiger partial charge in [-0.15, -0.1) is 0 Å². The molecule has 0 bridgehead atoms. The van der Waals surface area contributed by atoms with E-state index in [1.165, 1.54) is 187 Å². The molecule has 0 atom stereocenters. The van der Waals surface area contributed by atoms with E-state index in [2.05, 4.69) is 303 Å². The molecule has 99 heavy (non-hydrogen) atoms. The number of hydrogen-bond acceptors (Lipinski definition) is 6. The average Bonchev–Trinajstić information content (AvgIpc) is 1.65. The number of ether oxygens (including phenoxy) is 2. The van der Waals surface area contributed by atoms with Gasteiger partial charge in [-0.1, -0.05) is 176 Å². The molecule has 0 N–H and O–H groups in total. The number of para-hydroxylation sites is 9. The molecule has 0 fully saturated rings. The van der Waals surface area contributed by atoms with Gasteiger partial charge < -0.3 is 42.3 Å². The van der Waals surface area contributed by atoms with E-state index in [1.54, 1.807) is 0 Å². The minimum absolute atomic E-state index is 0.149. The van der Waals surface area contributed by atoms with Crippen LogP contribution >= 0.6 is 0 Å². The molecule has 0 radical (unpaired) electrons. The van der Waals surface area contributed by atoms with E-state index in [0.29, 0.717) is 0 Å². The van der Waals surface area contributed by atoms with Crippen molar-refractivity contribution in [2.24, 2.45) is 0 Å². The number of anilines is 9. The predicted octanol–water partition coefficient (Wildman–Crippen LogP) is 14.9. The van der Waals surface area contributed by atoms with Gasteiger partial charge in [-0.2, -0.15) is 0 Å². The summed E-state index contributed by atoms with van der Waals surface area (Å²) in [6, 6.07) is 93.8. The van der Waals surface area contributed by atoms with Crippen molar-refractivity contribution >= 4 is 235 Å². The average molecular weight is 1260 g/mol. The summed E-state index contributed by atoms with van der Waals surface area (Å²) in [4.78, 5) is 10.2. The fourth-order valence-corrected chi connectivity index (χ4v) is 20.9. The van der Waals surface area contributed by atoms with Gasteiger partial charge in [0.25, 0.3) is 20.1 Å². The molecule has 0 saturated carbocycles. The molecule has 14 aromatic carbocycles. The molecule has 20 aromatic rings. The molecule has 12 heteroatoms. The van der Waals surface area contributed by atoms with E-state index in [1.807, 2.05) is 0 Å². The molecular weight excluding hydrogens is 1210 g/mol. The van der Waals surface area contributed by atoms with Gasteiger partial charge in [-0.3, -0.25) is 0 Å². The topological polar surface area (TPSA) is 44.7 Å². The van der Waals surface area contributed by atoms with Gasteiger partial charge in [0, 0.05) is 127 Å². The van der Waals surface area contributed by atoms with Gasteiger partial charge in [-0.25, -0.2) is 0 Å². The van der Waals surface area contributed by atoms with Crippen LogP contribution in [0.3, 0.4) is 0 Å². The van der Waals surface area contributed by atoms with Crippen LogP contribution in [-0.2, 0) is 0 Å². The predicted molar refractivity (Wildman–Crippen MR) is 416 cm³/mol. The molecular formula is C87H50B3N7O2. The highest BCUT2D eigenvalue weighted by Gasteiger charge is 2.52. The second-order valence-corrected chi connectivity index (χ2v) is 28.6. The van der Waals surface area contributed by atoms with Crippen molar-refractivity contribution in [2.45, 2.75) is 0 Å². The van der Waals surface area contributed by atoms with Crippen LogP contribution in [0.2, 0.25) is 0 Å². The van der Waals surface area contributed by atoms with Crippen LogP contribution < -0.4 is 78.2 Å². The number of rotatable bonds is 1. The molecule has 0 unspecified atom stereocenters. The lowest BCUT2D eigenvalue weighted by molar-refractivity contribution is 0.493. The van der Waals surface area contributed by atoms with E-state index < -0.39 is 0 Å². The molecule has 0 spiro atoms. The Kier molecular flexibility index (Phi) is 8.73. The van der Waals surface area contributed by atoms with Crippen molar-refractivity contribution < 1.29 is 9.47 Å². The first-order valence-corrected chi connectivity index (χ1v) is 34.6. The Bertz CT molecular complexity index is 7230. The van der Waals surface area contributed by atoms with Crippen LogP contribution in [0, 0.1) is 0 Å². The molecule has 6 aromatic heterocycles. The van der Waals surface area contributed by atoms with Crippen LogP contribution in [-0.4, -0.2) is 54.5 Å². The lowest BCUT2D eigenvalue weighted by atomic mass is 9.29. The lowest BCUT2D eigenvalue weighted by Gasteiger charge is -2.46. The number of benzene rings is 14. The molecule has 0 aliphatic carbocycles. The highest BCUT2D eigenvalue weighted by Crippen LogP contribution is 2.57. The first-order chi connectivity index (χ1) is 49.0. The zero-order valence-electron chi connectivity index (χ0n) is 53.9. The summed E-state index contributed by atoms with van der Waals surface area (Å²) in [7, 11) is 6.98. The zero-order valence-corrected chi connectivity index (χ0v) is 53.9. The Balaban J connectivity index is 0.806. The third-order valence-corrected chi connectivity index (χ3v) is 24.4. The van der Waals surface area contributed by atoms with Gasteiger partial charge in [-0.05, 0) is 116 Å². The Morgan fingerprint density at radius 1 is 0.263 bits per heavy atom. The summed E-state index contributed by atoms with van der Waals surface area (Å²) >= 11 is 0. The third-order valence-electron chi connectivity index (χ3n) is 24.4. The lowest BCUT2D eigenvalue weighted by Crippen LogP contribution is -2.66. The maximum atomic E-state index is 8.08. The van der Waals surface area contributed by atoms with E-state index in [-0.39, 0.29) is 20.1 Å². The SMILES string of the molecule is CN1c2cc3c(cc2B2c4ccccc4Oc4c2c1c1c2ccccc2n2c5ccccc5c4c12)B1c2cc4c(cc2N(C)c2c1c(c1c5ccccc5n5c6ccccc6c2c15)O3)N(C)c1c2c(c3c5ccccc5n5c6ccccc6c1c35)N(c1ccccc1)c1ccccc1B42. The highest BCUT2D eigenvalue weighted by atomic mass is 16.5. The van der Waals surface area contributed by atoms with E-state index in [9.17, 15) is 0 Å². The molecule has 0 saturated heterocycles. The monoisotopic (exact) mass is 1260 g/mol. The summed E-state index contributed by atoms with van der Waals surface area (Å²) in [5, 5.41) is 14.8. The maximum absolute atomic E-state index is 8.08. The van der Waals surface area contributed by atoms with E-state index in [4.69, 9.17) is 9.47 Å². The van der Waals surface area contributed by atoms with E-state index >= 15 is 0 Å². The van der Waals surface area contributed by atoms with Crippen LogP contribution in [0.4, 0.5) is 51.2 Å². The van der Waals surface area contributed by atoms with Crippen molar-refractivity contribution in [1.29, 1.82) is 0 Å².